The van der Waals surface area contributed by atoms with E-state index in [1.165, 1.54) is 28.4 Å². The number of carbonyl (C=O) groups is 2. The fourth-order valence-electron chi connectivity index (χ4n) is 4.16. The second-order valence-corrected chi connectivity index (χ2v) is 10.1. The molecule has 14 heteroatoms. The first-order valence-corrected chi connectivity index (χ1v) is 12.5. The Bertz CT molecular complexity index is 1750. The van der Waals surface area contributed by atoms with Crippen LogP contribution in [0, 0.1) is 0 Å². The number of fused-ring (bicyclic) bond motifs is 2. The number of benzene rings is 1. The van der Waals surface area contributed by atoms with Crippen molar-refractivity contribution in [3.05, 3.63) is 64.2 Å². The van der Waals surface area contributed by atoms with Gasteiger partial charge in [-0.15, -0.1) is 11.3 Å². The van der Waals surface area contributed by atoms with E-state index in [1.54, 1.807) is 37.1 Å². The lowest BCUT2D eigenvalue weighted by Crippen LogP contribution is -2.26. The Balaban J connectivity index is 1.54. The fraction of sp³-hybridized carbons (Fsp3) is 0.240. The van der Waals surface area contributed by atoms with E-state index in [-0.39, 0.29) is 35.9 Å². The van der Waals surface area contributed by atoms with Crippen molar-refractivity contribution in [2.75, 3.05) is 19.4 Å². The molecular weight excluding hydrogens is 535 g/mol. The van der Waals surface area contributed by atoms with E-state index >= 15 is 0 Å². The molecule has 10 nitrogen and oxygen atoms in total. The van der Waals surface area contributed by atoms with Crippen molar-refractivity contribution < 1.29 is 22.8 Å². The molecule has 202 valence electrons. The summed E-state index contributed by atoms with van der Waals surface area (Å²) in [6.07, 6.45) is -1.25. The Labute approximate surface area is 222 Å². The number of hydrogen-bond donors (Lipinski definition) is 2. The van der Waals surface area contributed by atoms with E-state index in [0.29, 0.717) is 20.5 Å². The minimum absolute atomic E-state index is 0.0306. The Morgan fingerprint density at radius 3 is 2.51 bits per heavy atom. The summed E-state index contributed by atoms with van der Waals surface area (Å²) in [5, 5.41) is 2.77. The molecule has 0 saturated heterocycles. The maximum absolute atomic E-state index is 13.2. The molecule has 39 heavy (non-hydrogen) atoms. The van der Waals surface area contributed by atoms with Crippen LogP contribution in [0.4, 0.5) is 19.1 Å². The van der Waals surface area contributed by atoms with Gasteiger partial charge in [0, 0.05) is 44.3 Å². The van der Waals surface area contributed by atoms with Gasteiger partial charge in [0.05, 0.1) is 26.9 Å². The summed E-state index contributed by atoms with van der Waals surface area (Å²) in [5.74, 6) is -0.501. The molecule has 2 N–H and O–H groups in total. The summed E-state index contributed by atoms with van der Waals surface area (Å²) in [5.41, 5.74) is 0.901. The molecule has 4 aromatic heterocycles. The molecule has 0 radical (unpaired) electrons. The number of aromatic nitrogens is 5. The van der Waals surface area contributed by atoms with Gasteiger partial charge in [0.1, 0.15) is 6.54 Å². The molecule has 0 saturated carbocycles. The summed E-state index contributed by atoms with van der Waals surface area (Å²) < 4.78 is 41.6. The number of nitrogens with one attached hydrogen (secondary N) is 2. The highest BCUT2D eigenvalue weighted by molar-refractivity contribution is 7.17. The third-order valence-corrected chi connectivity index (χ3v) is 7.18. The zero-order valence-corrected chi connectivity index (χ0v) is 21.6. The number of aryl methyl sites for hydroxylation is 1. The van der Waals surface area contributed by atoms with E-state index in [4.69, 9.17) is 0 Å². The average Bonchev–Trinajstić information content (AvgIpc) is 3.57. The molecule has 2 amide bonds. The fourth-order valence-corrected chi connectivity index (χ4v) is 5.07. The molecule has 0 atom stereocenters. The highest BCUT2D eigenvalue weighted by Gasteiger charge is 2.30. The smallest absolute Gasteiger partial charge is 0.349 e. The van der Waals surface area contributed by atoms with Gasteiger partial charge in [0.15, 0.2) is 0 Å². The topological polar surface area (TPSA) is 118 Å². The first kappa shape index (κ1) is 26.2. The van der Waals surface area contributed by atoms with Gasteiger partial charge in [-0.05, 0) is 42.0 Å². The van der Waals surface area contributed by atoms with E-state index in [2.05, 4.69) is 20.3 Å². The Kier molecular flexibility index (Phi) is 6.72. The SMILES string of the molecule is CN(C)C(=O)CCn1c(NC(=O)c2ccc(-c3ccncc3)s2)nc2cc3[nH]c(=O)n(CC(F)(F)F)c3cc21. The molecule has 0 aliphatic rings. The molecular formula is C25H22F3N7O3S. The predicted octanol–water partition coefficient (Wildman–Crippen LogP) is 4.10. The van der Waals surface area contributed by atoms with Crippen molar-refractivity contribution in [3.63, 3.8) is 0 Å². The molecule has 0 unspecified atom stereocenters. The van der Waals surface area contributed by atoms with Gasteiger partial charge in [0.25, 0.3) is 5.91 Å². The highest BCUT2D eigenvalue weighted by atomic mass is 32.1. The first-order valence-electron chi connectivity index (χ1n) is 11.7. The minimum atomic E-state index is -4.61. The molecule has 0 aliphatic heterocycles. The van der Waals surface area contributed by atoms with E-state index < -0.39 is 24.3 Å². The lowest BCUT2D eigenvalue weighted by Gasteiger charge is -2.13. The number of aromatic amines is 1. The highest BCUT2D eigenvalue weighted by Crippen LogP contribution is 2.30. The predicted molar refractivity (Wildman–Crippen MR) is 141 cm³/mol. The number of imidazole rings is 2. The van der Waals surface area contributed by atoms with Crippen LogP contribution in [0.25, 0.3) is 32.5 Å². The zero-order chi connectivity index (χ0) is 27.9. The van der Waals surface area contributed by atoms with Crippen LogP contribution in [-0.4, -0.2) is 61.1 Å². The lowest BCUT2D eigenvalue weighted by atomic mass is 10.2. The van der Waals surface area contributed by atoms with E-state index in [9.17, 15) is 27.6 Å². The molecule has 0 fully saturated rings. The number of anilines is 1. The zero-order valence-electron chi connectivity index (χ0n) is 20.7. The number of carbonyl (C=O) groups excluding carboxylic acids is 2. The van der Waals surface area contributed by atoms with Crippen LogP contribution in [0.5, 0.6) is 0 Å². The summed E-state index contributed by atoms with van der Waals surface area (Å²) in [4.78, 5) is 51.3. The number of amides is 2. The van der Waals surface area contributed by atoms with Crippen LogP contribution in [0.2, 0.25) is 0 Å². The van der Waals surface area contributed by atoms with Crippen molar-refractivity contribution >= 4 is 51.2 Å². The normalized spacial score (nSPS) is 11.8. The lowest BCUT2D eigenvalue weighted by molar-refractivity contribution is -0.140. The van der Waals surface area contributed by atoms with Crippen molar-refractivity contribution in [3.8, 4) is 10.4 Å². The summed E-state index contributed by atoms with van der Waals surface area (Å²) in [7, 11) is 3.21. The molecule has 0 aliphatic carbocycles. The number of alkyl halides is 3. The number of halogens is 3. The maximum atomic E-state index is 13.2. The largest absolute Gasteiger partial charge is 0.406 e. The van der Waals surface area contributed by atoms with Gasteiger partial charge in [-0.3, -0.25) is 24.5 Å². The molecule has 5 aromatic rings. The van der Waals surface area contributed by atoms with Crippen molar-refractivity contribution in [1.82, 2.24) is 29.0 Å². The molecule has 0 bridgehead atoms. The number of hydrogen-bond acceptors (Lipinski definition) is 6. The number of pyridine rings is 1. The Morgan fingerprint density at radius 2 is 1.82 bits per heavy atom. The van der Waals surface area contributed by atoms with Gasteiger partial charge >= 0.3 is 11.9 Å². The molecule has 5 rings (SSSR count). The van der Waals surface area contributed by atoms with Crippen LogP contribution in [-0.2, 0) is 17.9 Å². The second-order valence-electron chi connectivity index (χ2n) is 8.97. The van der Waals surface area contributed by atoms with Gasteiger partial charge in [0.2, 0.25) is 11.9 Å². The first-order chi connectivity index (χ1) is 18.5. The Hall–Kier alpha value is -4.46. The second kappa shape index (κ2) is 10.0. The number of thiophene rings is 1. The van der Waals surface area contributed by atoms with Crippen molar-refractivity contribution in [1.29, 1.82) is 0 Å². The molecule has 0 spiro atoms. The van der Waals surface area contributed by atoms with Crippen molar-refractivity contribution in [2.45, 2.75) is 25.7 Å². The van der Waals surface area contributed by atoms with Gasteiger partial charge < -0.3 is 14.5 Å². The molecule has 1 aromatic carbocycles. The van der Waals surface area contributed by atoms with Crippen LogP contribution in [0.1, 0.15) is 16.1 Å². The van der Waals surface area contributed by atoms with Crippen LogP contribution in [0.15, 0.2) is 53.6 Å². The number of nitrogens with zero attached hydrogens (tertiary/aromatic N) is 5. The van der Waals surface area contributed by atoms with E-state index in [0.717, 1.165) is 10.4 Å². The van der Waals surface area contributed by atoms with Gasteiger partial charge in [-0.2, -0.15) is 13.2 Å². The summed E-state index contributed by atoms with van der Waals surface area (Å²) in [6.45, 7) is -1.37. The summed E-state index contributed by atoms with van der Waals surface area (Å²) in [6, 6.07) is 10.0. The Morgan fingerprint density at radius 1 is 1.08 bits per heavy atom. The van der Waals surface area contributed by atoms with Gasteiger partial charge in [-0.25, -0.2) is 9.78 Å². The third kappa shape index (κ3) is 5.41. The monoisotopic (exact) mass is 557 g/mol. The number of H-pyrrole nitrogens is 1. The van der Waals surface area contributed by atoms with Gasteiger partial charge in [-0.1, -0.05) is 0 Å². The molecule has 4 heterocycles. The quantitative estimate of drug-likeness (QED) is 0.313. The van der Waals surface area contributed by atoms with Crippen LogP contribution >= 0.6 is 11.3 Å². The van der Waals surface area contributed by atoms with Crippen LogP contribution in [0.3, 0.4) is 0 Å². The third-order valence-electron chi connectivity index (χ3n) is 6.05. The summed E-state index contributed by atoms with van der Waals surface area (Å²) >= 11 is 1.27. The minimum Gasteiger partial charge on any atom is -0.349 e. The standard InChI is InChI=1S/C25H22F3N7O3S/c1-33(2)21(36)7-10-34-17-12-18-16(31-24(38)35(18)13-25(26,27)28)11-15(17)30-23(34)32-22(37)20-4-3-19(39-20)14-5-8-29-9-6-14/h3-6,8-9,11-12H,7,10,13H2,1-2H3,(H,31,38)(H,30,32,37). The number of rotatable bonds is 7. The maximum Gasteiger partial charge on any atom is 0.406 e. The van der Waals surface area contributed by atoms with Crippen LogP contribution < -0.4 is 11.0 Å². The van der Waals surface area contributed by atoms with E-state index in [1.807, 2.05) is 18.2 Å². The van der Waals surface area contributed by atoms with Crippen molar-refractivity contribution in [2.24, 2.45) is 0 Å². The average molecular weight is 558 g/mol.